The first-order chi connectivity index (χ1) is 7.13. The molecule has 0 spiro atoms. The SMILES string of the molecule is CC(O)CCN(C)c1cccc(C#N)c1. The van der Waals surface area contributed by atoms with Crippen molar-refractivity contribution in [2.45, 2.75) is 19.4 Å². The van der Waals surface area contributed by atoms with Crippen LogP contribution in [0.4, 0.5) is 5.69 Å². The molecule has 0 aromatic heterocycles. The van der Waals surface area contributed by atoms with Gasteiger partial charge in [0.2, 0.25) is 0 Å². The molecule has 0 bridgehead atoms. The maximum atomic E-state index is 9.17. The second kappa shape index (κ2) is 5.38. The topological polar surface area (TPSA) is 47.3 Å². The van der Waals surface area contributed by atoms with Crippen LogP contribution in [0, 0.1) is 11.3 Å². The predicted molar refractivity (Wildman–Crippen MR) is 60.7 cm³/mol. The van der Waals surface area contributed by atoms with E-state index in [1.54, 1.807) is 13.0 Å². The molecule has 15 heavy (non-hydrogen) atoms. The van der Waals surface area contributed by atoms with Crippen LogP contribution < -0.4 is 4.90 Å². The number of nitrogens with zero attached hydrogens (tertiary/aromatic N) is 2. The Hall–Kier alpha value is -1.53. The van der Waals surface area contributed by atoms with E-state index in [9.17, 15) is 0 Å². The van der Waals surface area contributed by atoms with Crippen molar-refractivity contribution in [3.63, 3.8) is 0 Å². The standard InChI is InChI=1S/C12H16N2O/c1-10(15)6-7-14(2)12-5-3-4-11(8-12)9-13/h3-5,8,10,15H,6-7H2,1-2H3. The van der Waals surface area contributed by atoms with Crippen molar-refractivity contribution in [1.29, 1.82) is 5.26 Å². The minimum Gasteiger partial charge on any atom is -0.393 e. The van der Waals surface area contributed by atoms with Crippen molar-refractivity contribution in [1.82, 2.24) is 0 Å². The van der Waals surface area contributed by atoms with E-state index in [1.807, 2.05) is 30.1 Å². The Balaban J connectivity index is 2.65. The smallest absolute Gasteiger partial charge is 0.0992 e. The molecule has 0 radical (unpaired) electrons. The zero-order valence-corrected chi connectivity index (χ0v) is 9.14. The van der Waals surface area contributed by atoms with Gasteiger partial charge in [-0.25, -0.2) is 0 Å². The molecule has 0 aliphatic carbocycles. The summed E-state index contributed by atoms with van der Waals surface area (Å²) < 4.78 is 0. The summed E-state index contributed by atoms with van der Waals surface area (Å²) in [6.07, 6.45) is 0.444. The summed E-state index contributed by atoms with van der Waals surface area (Å²) in [7, 11) is 1.96. The molecule has 0 aliphatic rings. The Morgan fingerprint density at radius 1 is 1.53 bits per heavy atom. The van der Waals surface area contributed by atoms with Crippen molar-refractivity contribution in [3.8, 4) is 6.07 Å². The summed E-state index contributed by atoms with van der Waals surface area (Å²) in [5, 5.41) is 17.9. The Morgan fingerprint density at radius 2 is 2.27 bits per heavy atom. The molecule has 0 amide bonds. The van der Waals surface area contributed by atoms with Gasteiger partial charge in [-0.3, -0.25) is 0 Å². The monoisotopic (exact) mass is 204 g/mol. The van der Waals surface area contributed by atoms with Gasteiger partial charge in [0.15, 0.2) is 0 Å². The molecule has 1 rings (SSSR count). The van der Waals surface area contributed by atoms with Crippen LogP contribution >= 0.6 is 0 Å². The van der Waals surface area contributed by atoms with Gasteiger partial charge in [-0.2, -0.15) is 5.26 Å². The van der Waals surface area contributed by atoms with Gasteiger partial charge in [0.05, 0.1) is 17.7 Å². The van der Waals surface area contributed by atoms with Crippen molar-refractivity contribution in [2.75, 3.05) is 18.5 Å². The van der Waals surface area contributed by atoms with Gasteiger partial charge < -0.3 is 10.0 Å². The van der Waals surface area contributed by atoms with Crippen LogP contribution in [0.5, 0.6) is 0 Å². The third-order valence-corrected chi connectivity index (χ3v) is 2.30. The Kier molecular flexibility index (Phi) is 4.14. The normalized spacial score (nSPS) is 11.9. The number of rotatable bonds is 4. The van der Waals surface area contributed by atoms with E-state index >= 15 is 0 Å². The van der Waals surface area contributed by atoms with Crippen molar-refractivity contribution in [2.24, 2.45) is 0 Å². The average Bonchev–Trinajstić information content (AvgIpc) is 2.26. The highest BCUT2D eigenvalue weighted by Crippen LogP contribution is 2.14. The van der Waals surface area contributed by atoms with Crippen LogP contribution in [-0.2, 0) is 0 Å². The van der Waals surface area contributed by atoms with Crippen molar-refractivity contribution >= 4 is 5.69 Å². The first kappa shape index (κ1) is 11.5. The highest BCUT2D eigenvalue weighted by atomic mass is 16.3. The number of hydrogen-bond acceptors (Lipinski definition) is 3. The van der Waals surface area contributed by atoms with E-state index in [2.05, 4.69) is 6.07 Å². The Morgan fingerprint density at radius 3 is 2.87 bits per heavy atom. The molecule has 0 saturated heterocycles. The third kappa shape index (κ3) is 3.61. The van der Waals surface area contributed by atoms with Crippen molar-refractivity contribution < 1.29 is 5.11 Å². The summed E-state index contributed by atoms with van der Waals surface area (Å²) in [6.45, 7) is 2.56. The quantitative estimate of drug-likeness (QED) is 0.813. The molecule has 3 heteroatoms. The molecular formula is C12H16N2O. The molecule has 1 N–H and O–H groups in total. The Bertz CT molecular complexity index is 355. The largest absolute Gasteiger partial charge is 0.393 e. The number of aliphatic hydroxyl groups is 1. The second-order valence-corrected chi connectivity index (χ2v) is 3.72. The molecule has 0 heterocycles. The predicted octanol–water partition coefficient (Wildman–Crippen LogP) is 1.77. The maximum Gasteiger partial charge on any atom is 0.0992 e. The summed E-state index contributed by atoms with van der Waals surface area (Å²) in [5.74, 6) is 0. The number of aliphatic hydroxyl groups excluding tert-OH is 1. The van der Waals surface area contributed by atoms with Gasteiger partial charge in [-0.05, 0) is 31.5 Å². The minimum absolute atomic E-state index is 0.286. The van der Waals surface area contributed by atoms with E-state index in [-0.39, 0.29) is 6.10 Å². The highest BCUT2D eigenvalue weighted by molar-refractivity contribution is 5.50. The zero-order chi connectivity index (χ0) is 11.3. The molecule has 0 fully saturated rings. The Labute approximate surface area is 90.6 Å². The average molecular weight is 204 g/mol. The van der Waals surface area contributed by atoms with Crippen LogP contribution in [0.2, 0.25) is 0 Å². The maximum absolute atomic E-state index is 9.17. The van der Waals surface area contributed by atoms with E-state index in [0.29, 0.717) is 5.56 Å². The molecule has 0 saturated carbocycles. The lowest BCUT2D eigenvalue weighted by Crippen LogP contribution is -2.21. The van der Waals surface area contributed by atoms with E-state index in [1.165, 1.54) is 0 Å². The van der Waals surface area contributed by atoms with Gasteiger partial charge in [0, 0.05) is 19.3 Å². The number of benzene rings is 1. The summed E-state index contributed by atoms with van der Waals surface area (Å²) in [4.78, 5) is 2.04. The van der Waals surface area contributed by atoms with E-state index in [4.69, 9.17) is 10.4 Å². The van der Waals surface area contributed by atoms with E-state index in [0.717, 1.165) is 18.7 Å². The van der Waals surface area contributed by atoms with Crippen LogP contribution in [0.1, 0.15) is 18.9 Å². The fourth-order valence-corrected chi connectivity index (χ4v) is 1.32. The fraction of sp³-hybridized carbons (Fsp3) is 0.417. The van der Waals surface area contributed by atoms with Crippen LogP contribution in [0.25, 0.3) is 0 Å². The van der Waals surface area contributed by atoms with Crippen LogP contribution in [-0.4, -0.2) is 24.8 Å². The van der Waals surface area contributed by atoms with Crippen molar-refractivity contribution in [3.05, 3.63) is 29.8 Å². The molecular weight excluding hydrogens is 188 g/mol. The van der Waals surface area contributed by atoms with Gasteiger partial charge >= 0.3 is 0 Å². The van der Waals surface area contributed by atoms with E-state index < -0.39 is 0 Å². The number of nitriles is 1. The summed E-state index contributed by atoms with van der Waals surface area (Å²) in [6, 6.07) is 9.57. The molecule has 0 aliphatic heterocycles. The van der Waals surface area contributed by atoms with Crippen LogP contribution in [0.3, 0.4) is 0 Å². The molecule has 3 nitrogen and oxygen atoms in total. The highest BCUT2D eigenvalue weighted by Gasteiger charge is 2.03. The molecule has 1 aromatic carbocycles. The van der Waals surface area contributed by atoms with Gasteiger partial charge in [-0.1, -0.05) is 6.07 Å². The number of anilines is 1. The molecule has 80 valence electrons. The lowest BCUT2D eigenvalue weighted by Gasteiger charge is -2.20. The second-order valence-electron chi connectivity index (χ2n) is 3.72. The summed E-state index contributed by atoms with van der Waals surface area (Å²) >= 11 is 0. The lowest BCUT2D eigenvalue weighted by molar-refractivity contribution is 0.187. The minimum atomic E-state index is -0.286. The molecule has 1 aromatic rings. The van der Waals surface area contributed by atoms with Crippen LogP contribution in [0.15, 0.2) is 24.3 Å². The molecule has 1 atom stereocenters. The molecule has 1 unspecified atom stereocenters. The number of hydrogen-bond donors (Lipinski definition) is 1. The zero-order valence-electron chi connectivity index (χ0n) is 9.14. The first-order valence-corrected chi connectivity index (χ1v) is 5.03. The van der Waals surface area contributed by atoms with Gasteiger partial charge in [0.1, 0.15) is 0 Å². The third-order valence-electron chi connectivity index (χ3n) is 2.30. The fourth-order valence-electron chi connectivity index (χ4n) is 1.32. The summed E-state index contributed by atoms with van der Waals surface area (Å²) in [5.41, 5.74) is 1.67. The van der Waals surface area contributed by atoms with Gasteiger partial charge in [0.25, 0.3) is 0 Å². The van der Waals surface area contributed by atoms with Gasteiger partial charge in [-0.15, -0.1) is 0 Å². The first-order valence-electron chi connectivity index (χ1n) is 5.03. The lowest BCUT2D eigenvalue weighted by atomic mass is 10.2.